The van der Waals surface area contributed by atoms with E-state index in [1.165, 1.54) is 43.4 Å². The molecule has 13 nitrogen and oxygen atoms in total. The maximum atomic E-state index is 12.9. The van der Waals surface area contributed by atoms with Crippen molar-refractivity contribution in [3.05, 3.63) is 21.5 Å². The zero-order chi connectivity index (χ0) is 33.9. The highest BCUT2D eigenvalue weighted by Gasteiger charge is 2.33. The second-order valence-corrected chi connectivity index (χ2v) is 16.1. The van der Waals surface area contributed by atoms with E-state index < -0.39 is 53.7 Å². The summed E-state index contributed by atoms with van der Waals surface area (Å²) in [5.74, 6) is -1.42. The Hall–Kier alpha value is -2.06. The number of rotatable bonds is 16. The molecule has 2 heterocycles. The van der Waals surface area contributed by atoms with Gasteiger partial charge in [0.2, 0.25) is 11.8 Å². The lowest BCUT2D eigenvalue weighted by Crippen LogP contribution is -3.00. The number of carbonyl (C=O) groups is 4. The highest BCUT2D eigenvalue weighted by molar-refractivity contribution is 7.95. The van der Waals surface area contributed by atoms with Crippen molar-refractivity contribution >= 4 is 57.4 Å². The molecule has 0 aliphatic rings. The topological polar surface area (TPSA) is 192 Å². The summed E-state index contributed by atoms with van der Waals surface area (Å²) in [5, 5.41) is 36.3. The minimum atomic E-state index is -1.28. The van der Waals surface area contributed by atoms with Gasteiger partial charge in [0.15, 0.2) is 0 Å². The van der Waals surface area contributed by atoms with E-state index in [9.17, 15) is 29.4 Å². The largest absolute Gasteiger partial charge is 1.00 e. The predicted octanol–water partition coefficient (Wildman–Crippen LogP) is -1.30. The van der Waals surface area contributed by atoms with Crippen LogP contribution in [0, 0.1) is 5.92 Å². The molecule has 0 aromatic carbocycles. The van der Waals surface area contributed by atoms with E-state index in [0.29, 0.717) is 40.3 Å². The number of halogens is 1. The lowest BCUT2D eigenvalue weighted by atomic mass is 9.97. The highest BCUT2D eigenvalue weighted by Crippen LogP contribution is 2.25. The van der Waals surface area contributed by atoms with Crippen LogP contribution >= 0.6 is 22.7 Å². The van der Waals surface area contributed by atoms with Gasteiger partial charge in [-0.3, -0.25) is 14.4 Å². The lowest BCUT2D eigenvalue weighted by molar-refractivity contribution is -0.135. The number of aliphatic hydroxyl groups is 2. The summed E-state index contributed by atoms with van der Waals surface area (Å²) in [5.41, 5.74) is 0.267. The SMILES string of the molecule is C[C@H](C(=O)N[C@H](C(=O)NCCc1nc(-c2nc(C(=O)NCCC[S+](C)C)cs2)cs1)[C@@H](C)O)[C@H](O)[C@@H](C)NC(=O)OC(C)(C)C.[I-]. The Kier molecular flexibility index (Phi) is 18.0. The smallest absolute Gasteiger partial charge is 0.407 e. The maximum absolute atomic E-state index is 12.9. The standard InChI is InChI=1S/C29H46N6O7S3.HI/c1-16(23(37)17(2)32-28(41)42-29(4,5)6)24(38)35-22(18(3)36)26(40)31-12-10-21-33-20(15-43-21)27-34-19(14-44-27)25(39)30-11-9-13-45(7)8;/h14-18,22-23,36-37H,9-13H2,1-8H3,(H3-,30,31,32,35,38,39,40,41);1H/t16-,17+,18+,22-,23-;/m0./s1. The van der Waals surface area contributed by atoms with Gasteiger partial charge in [-0.05, 0) is 45.5 Å². The van der Waals surface area contributed by atoms with Gasteiger partial charge in [-0.1, -0.05) is 6.92 Å². The normalized spacial score (nSPS) is 14.7. The number of amides is 4. The van der Waals surface area contributed by atoms with Gasteiger partial charge >= 0.3 is 6.09 Å². The number of ether oxygens (including phenoxy) is 1. The van der Waals surface area contributed by atoms with E-state index >= 15 is 0 Å². The van der Waals surface area contributed by atoms with Crippen LogP contribution in [-0.4, -0.2) is 105 Å². The van der Waals surface area contributed by atoms with Crippen molar-refractivity contribution in [2.75, 3.05) is 31.4 Å². The molecule has 0 spiro atoms. The minimum Gasteiger partial charge on any atom is -1.00 e. The molecule has 0 aliphatic carbocycles. The number of nitrogens with one attached hydrogen (secondary N) is 4. The van der Waals surface area contributed by atoms with Crippen molar-refractivity contribution in [2.24, 2.45) is 5.92 Å². The lowest BCUT2D eigenvalue weighted by Gasteiger charge is -2.28. The Bertz CT molecular complexity index is 1280. The van der Waals surface area contributed by atoms with Crippen LogP contribution in [0.2, 0.25) is 0 Å². The first kappa shape index (κ1) is 42.0. The molecule has 2 aromatic rings. The van der Waals surface area contributed by atoms with E-state index in [1.54, 1.807) is 26.2 Å². The van der Waals surface area contributed by atoms with Crippen LogP contribution in [0.1, 0.15) is 63.5 Å². The van der Waals surface area contributed by atoms with Crippen LogP contribution in [0.15, 0.2) is 10.8 Å². The van der Waals surface area contributed by atoms with Crippen molar-refractivity contribution in [2.45, 2.75) is 84.3 Å². The zero-order valence-corrected chi connectivity index (χ0v) is 32.1. The van der Waals surface area contributed by atoms with Crippen molar-refractivity contribution in [3.63, 3.8) is 0 Å². The van der Waals surface area contributed by atoms with E-state index in [-0.39, 0.29) is 36.4 Å². The van der Waals surface area contributed by atoms with Gasteiger partial charge in [0.1, 0.15) is 33.8 Å². The molecule has 17 heteroatoms. The summed E-state index contributed by atoms with van der Waals surface area (Å²) < 4.78 is 5.18. The van der Waals surface area contributed by atoms with Crippen molar-refractivity contribution in [1.82, 2.24) is 31.2 Å². The average Bonchev–Trinajstić information content (AvgIpc) is 3.61. The summed E-state index contributed by atoms with van der Waals surface area (Å²) in [6, 6.07) is -2.09. The Balaban J connectivity index is 0.0000106. The first-order valence-corrected chi connectivity index (χ1v) is 18.6. The zero-order valence-electron chi connectivity index (χ0n) is 27.5. The van der Waals surface area contributed by atoms with Crippen molar-refractivity contribution < 1.29 is 58.1 Å². The highest BCUT2D eigenvalue weighted by atomic mass is 127. The average molecular weight is 815 g/mol. The number of aromatic nitrogens is 2. The van der Waals surface area contributed by atoms with Crippen LogP contribution in [0.5, 0.6) is 0 Å². The van der Waals surface area contributed by atoms with Crippen LogP contribution < -0.4 is 45.2 Å². The summed E-state index contributed by atoms with van der Waals surface area (Å²) in [7, 11) is 0.340. The van der Waals surface area contributed by atoms with Crippen LogP contribution in [-0.2, 0) is 31.6 Å². The van der Waals surface area contributed by atoms with E-state index in [0.717, 1.165) is 17.2 Å². The van der Waals surface area contributed by atoms with Gasteiger partial charge in [0, 0.05) is 36.7 Å². The van der Waals surface area contributed by atoms with Gasteiger partial charge in [-0.2, -0.15) is 0 Å². The fourth-order valence-electron chi connectivity index (χ4n) is 3.93. The van der Waals surface area contributed by atoms with Crippen molar-refractivity contribution in [3.8, 4) is 10.7 Å². The second-order valence-electron chi connectivity index (χ2n) is 11.9. The molecule has 6 N–H and O–H groups in total. The number of hydrogen-bond acceptors (Lipinski definition) is 11. The third-order valence-electron chi connectivity index (χ3n) is 6.41. The number of nitrogens with zero attached hydrogens (tertiary/aromatic N) is 2. The van der Waals surface area contributed by atoms with Crippen LogP contribution in [0.4, 0.5) is 4.79 Å². The van der Waals surface area contributed by atoms with Crippen LogP contribution in [0.25, 0.3) is 10.7 Å². The summed E-state index contributed by atoms with van der Waals surface area (Å²) >= 11 is 2.73. The Morgan fingerprint density at radius 2 is 1.63 bits per heavy atom. The fraction of sp³-hybridized carbons (Fsp3) is 0.655. The number of carbonyl (C=O) groups excluding carboxylic acids is 4. The first-order valence-electron chi connectivity index (χ1n) is 14.6. The molecule has 0 unspecified atom stereocenters. The maximum Gasteiger partial charge on any atom is 0.407 e. The molecule has 0 bridgehead atoms. The molecule has 0 radical (unpaired) electrons. The Labute approximate surface area is 298 Å². The predicted molar refractivity (Wildman–Crippen MR) is 179 cm³/mol. The molecular formula is C29H47IN6O7S3. The molecule has 2 aromatic heterocycles. The minimum absolute atomic E-state index is 0. The summed E-state index contributed by atoms with van der Waals surface area (Å²) in [4.78, 5) is 59.1. The second kappa shape index (κ2) is 19.7. The van der Waals surface area contributed by atoms with Gasteiger partial charge < -0.3 is 60.2 Å². The van der Waals surface area contributed by atoms with E-state index in [1.807, 2.05) is 5.38 Å². The fourth-order valence-corrected chi connectivity index (χ4v) is 6.27. The number of alkyl carbamates (subject to hydrolysis) is 1. The molecule has 0 fully saturated rings. The third kappa shape index (κ3) is 14.4. The molecular weight excluding hydrogens is 767 g/mol. The molecule has 260 valence electrons. The summed E-state index contributed by atoms with van der Waals surface area (Å²) in [6.45, 7) is 10.3. The number of hydrogen-bond donors (Lipinski definition) is 6. The molecule has 0 aliphatic heterocycles. The van der Waals surface area contributed by atoms with E-state index in [4.69, 9.17) is 4.74 Å². The molecule has 0 saturated carbocycles. The van der Waals surface area contributed by atoms with Gasteiger partial charge in [-0.15, -0.1) is 22.7 Å². The monoisotopic (exact) mass is 814 g/mol. The van der Waals surface area contributed by atoms with E-state index in [2.05, 4.69) is 43.7 Å². The molecule has 4 amide bonds. The first-order chi connectivity index (χ1) is 21.0. The molecule has 46 heavy (non-hydrogen) atoms. The third-order valence-corrected chi connectivity index (χ3v) is 9.28. The quantitative estimate of drug-likeness (QED) is 0.0680. The molecule has 5 atom stereocenters. The molecule has 2 rings (SSSR count). The number of thiazole rings is 2. The Morgan fingerprint density at radius 3 is 2.24 bits per heavy atom. The Morgan fingerprint density at radius 1 is 0.957 bits per heavy atom. The van der Waals surface area contributed by atoms with Gasteiger partial charge in [0.25, 0.3) is 5.91 Å². The number of aliphatic hydroxyl groups excluding tert-OH is 2. The van der Waals surface area contributed by atoms with Gasteiger partial charge in [0.05, 0.1) is 41.7 Å². The van der Waals surface area contributed by atoms with Gasteiger partial charge in [-0.25, -0.2) is 14.8 Å². The molecule has 0 saturated heterocycles. The van der Waals surface area contributed by atoms with Crippen LogP contribution in [0.3, 0.4) is 0 Å². The summed E-state index contributed by atoms with van der Waals surface area (Å²) in [6.07, 6.45) is 2.43. The van der Waals surface area contributed by atoms with Crippen molar-refractivity contribution in [1.29, 1.82) is 0 Å².